The molecule has 0 aliphatic rings. The quantitative estimate of drug-likeness (QED) is 0.765. The predicted octanol–water partition coefficient (Wildman–Crippen LogP) is 3.78. The minimum atomic E-state index is 0.0222. The van der Waals surface area contributed by atoms with E-state index in [9.17, 15) is 0 Å². The van der Waals surface area contributed by atoms with Crippen LogP contribution >= 0.6 is 0 Å². The summed E-state index contributed by atoms with van der Waals surface area (Å²) in [5, 5.41) is 13.2. The number of ether oxygens (including phenoxy) is 1. The minimum absolute atomic E-state index is 0.0222. The fourth-order valence-corrected chi connectivity index (χ4v) is 2.60. The monoisotopic (exact) mass is 333 g/mol. The van der Waals surface area contributed by atoms with Crippen LogP contribution in [0.4, 0.5) is 5.82 Å². The van der Waals surface area contributed by atoms with Gasteiger partial charge in [0.1, 0.15) is 11.6 Å². The maximum absolute atomic E-state index is 8.92. The number of nitriles is 1. The molecule has 0 saturated carbocycles. The molecule has 0 aliphatic heterocycles. The van der Waals surface area contributed by atoms with Crippen molar-refractivity contribution in [1.82, 2.24) is 15.0 Å². The predicted molar refractivity (Wildman–Crippen MR) is 96.4 cm³/mol. The maximum atomic E-state index is 8.92. The smallest absolute Gasteiger partial charge is 0.214 e. The zero-order valence-corrected chi connectivity index (χ0v) is 14.4. The summed E-state index contributed by atoms with van der Waals surface area (Å²) in [6.07, 6.45) is 1.70. The number of nitrogens with one attached hydrogen (secondary N) is 1. The second kappa shape index (κ2) is 7.14. The maximum Gasteiger partial charge on any atom is 0.214 e. The number of benzene rings is 1. The highest BCUT2D eigenvalue weighted by atomic mass is 16.5. The number of aryl methyl sites for hydroxylation is 1. The summed E-state index contributed by atoms with van der Waals surface area (Å²) in [4.78, 5) is 13.2. The summed E-state index contributed by atoms with van der Waals surface area (Å²) in [5.74, 6) is 1.97. The van der Waals surface area contributed by atoms with Gasteiger partial charge in [-0.15, -0.1) is 0 Å². The van der Waals surface area contributed by atoms with Gasteiger partial charge in [0, 0.05) is 17.5 Å². The first-order valence-electron chi connectivity index (χ1n) is 8.14. The number of hydrogen-bond donors (Lipinski definition) is 1. The number of hydrogen-bond acceptors (Lipinski definition) is 6. The first kappa shape index (κ1) is 16.7. The van der Waals surface area contributed by atoms with E-state index in [1.54, 1.807) is 6.20 Å². The van der Waals surface area contributed by atoms with E-state index in [0.29, 0.717) is 23.9 Å². The second-order valence-corrected chi connectivity index (χ2v) is 5.69. The molecule has 0 aliphatic carbocycles. The van der Waals surface area contributed by atoms with E-state index in [1.165, 1.54) is 0 Å². The fourth-order valence-electron chi connectivity index (χ4n) is 2.60. The van der Waals surface area contributed by atoms with E-state index < -0.39 is 0 Å². The van der Waals surface area contributed by atoms with Crippen LogP contribution in [0, 0.1) is 18.3 Å². The Labute approximate surface area is 146 Å². The van der Waals surface area contributed by atoms with Crippen molar-refractivity contribution in [2.45, 2.75) is 26.8 Å². The first-order chi connectivity index (χ1) is 12.1. The van der Waals surface area contributed by atoms with Gasteiger partial charge in [0.15, 0.2) is 0 Å². The van der Waals surface area contributed by atoms with Crippen molar-refractivity contribution in [3.05, 3.63) is 53.5 Å². The molecule has 6 nitrogen and oxygen atoms in total. The molecule has 2 heterocycles. The summed E-state index contributed by atoms with van der Waals surface area (Å²) >= 11 is 0. The van der Waals surface area contributed by atoms with E-state index >= 15 is 0 Å². The Morgan fingerprint density at radius 1 is 1.24 bits per heavy atom. The molecule has 1 atom stereocenters. The van der Waals surface area contributed by atoms with Gasteiger partial charge in [-0.1, -0.05) is 12.1 Å². The summed E-state index contributed by atoms with van der Waals surface area (Å²) < 4.78 is 5.49. The van der Waals surface area contributed by atoms with Crippen LogP contribution in [0.3, 0.4) is 0 Å². The summed E-state index contributed by atoms with van der Waals surface area (Å²) in [6, 6.07) is 11.5. The Hall–Kier alpha value is -3.20. The molecule has 2 aromatic heterocycles. The molecule has 3 aromatic rings. The van der Waals surface area contributed by atoms with Crippen molar-refractivity contribution < 1.29 is 4.74 Å². The summed E-state index contributed by atoms with van der Waals surface area (Å²) in [5.41, 5.74) is 2.49. The Morgan fingerprint density at radius 2 is 2.00 bits per heavy atom. The van der Waals surface area contributed by atoms with Crippen molar-refractivity contribution in [2.75, 3.05) is 11.9 Å². The van der Waals surface area contributed by atoms with E-state index in [-0.39, 0.29) is 6.04 Å². The standard InChI is InChI=1S/C19H19N5O/c1-4-25-18-9-16-17(11-21-18)23-13(3)24-19(16)22-12(2)15-7-5-14(10-20)6-8-15/h5-9,11-12H,4H2,1-3H3,(H,22,23,24)/t12-/m1/s1. The number of fused-ring (bicyclic) bond motifs is 1. The van der Waals surface area contributed by atoms with Crippen LogP contribution in [-0.4, -0.2) is 21.6 Å². The van der Waals surface area contributed by atoms with Gasteiger partial charge in [0.2, 0.25) is 5.88 Å². The lowest BCUT2D eigenvalue weighted by Gasteiger charge is -2.17. The molecule has 0 fully saturated rings. The van der Waals surface area contributed by atoms with Crippen LogP contribution in [-0.2, 0) is 0 Å². The SMILES string of the molecule is CCOc1cc2c(N[C@H](C)c3ccc(C#N)cc3)nc(C)nc2cn1. The highest BCUT2D eigenvalue weighted by Crippen LogP contribution is 2.27. The molecule has 0 saturated heterocycles. The molecule has 0 bridgehead atoms. The molecule has 0 amide bonds. The van der Waals surface area contributed by atoms with Gasteiger partial charge < -0.3 is 10.1 Å². The van der Waals surface area contributed by atoms with Gasteiger partial charge in [-0.25, -0.2) is 15.0 Å². The average Bonchev–Trinajstić information content (AvgIpc) is 2.62. The van der Waals surface area contributed by atoms with E-state index in [0.717, 1.165) is 22.3 Å². The van der Waals surface area contributed by atoms with E-state index in [2.05, 4.69) is 33.3 Å². The molecule has 0 unspecified atom stereocenters. The minimum Gasteiger partial charge on any atom is -0.478 e. The number of aromatic nitrogens is 3. The number of nitrogens with zero attached hydrogens (tertiary/aromatic N) is 4. The molecule has 1 N–H and O–H groups in total. The molecular weight excluding hydrogens is 314 g/mol. The zero-order chi connectivity index (χ0) is 17.8. The normalized spacial score (nSPS) is 11.8. The third kappa shape index (κ3) is 3.66. The van der Waals surface area contributed by atoms with Crippen molar-refractivity contribution in [1.29, 1.82) is 5.26 Å². The van der Waals surface area contributed by atoms with Crippen molar-refractivity contribution >= 4 is 16.7 Å². The second-order valence-electron chi connectivity index (χ2n) is 5.69. The van der Waals surface area contributed by atoms with Gasteiger partial charge >= 0.3 is 0 Å². The van der Waals surface area contributed by atoms with Crippen molar-refractivity contribution in [2.24, 2.45) is 0 Å². The van der Waals surface area contributed by atoms with Crippen LogP contribution in [0.5, 0.6) is 5.88 Å². The largest absolute Gasteiger partial charge is 0.478 e. The first-order valence-corrected chi connectivity index (χ1v) is 8.14. The summed E-state index contributed by atoms with van der Waals surface area (Å²) in [6.45, 7) is 6.38. The molecule has 3 rings (SSSR count). The number of anilines is 1. The van der Waals surface area contributed by atoms with Gasteiger partial charge in [0.25, 0.3) is 0 Å². The van der Waals surface area contributed by atoms with E-state index in [4.69, 9.17) is 10.00 Å². The van der Waals surface area contributed by atoms with Crippen LogP contribution in [0.25, 0.3) is 10.9 Å². The highest BCUT2D eigenvalue weighted by molar-refractivity contribution is 5.89. The molecule has 0 spiro atoms. The highest BCUT2D eigenvalue weighted by Gasteiger charge is 2.12. The molecule has 0 radical (unpaired) electrons. The Morgan fingerprint density at radius 3 is 2.68 bits per heavy atom. The lowest BCUT2D eigenvalue weighted by Crippen LogP contribution is -2.10. The fraction of sp³-hybridized carbons (Fsp3) is 0.263. The Bertz CT molecular complexity index is 931. The topological polar surface area (TPSA) is 83.7 Å². The number of rotatable bonds is 5. The average molecular weight is 333 g/mol. The van der Waals surface area contributed by atoms with Gasteiger partial charge in [-0.2, -0.15) is 5.26 Å². The van der Waals surface area contributed by atoms with Crippen LogP contribution in [0.15, 0.2) is 36.5 Å². The van der Waals surface area contributed by atoms with Gasteiger partial charge in [-0.05, 0) is 38.5 Å². The molecule has 126 valence electrons. The van der Waals surface area contributed by atoms with Crippen LogP contribution in [0.2, 0.25) is 0 Å². The van der Waals surface area contributed by atoms with Crippen molar-refractivity contribution in [3.63, 3.8) is 0 Å². The lowest BCUT2D eigenvalue weighted by atomic mass is 10.1. The van der Waals surface area contributed by atoms with Gasteiger partial charge in [0.05, 0.1) is 30.0 Å². The lowest BCUT2D eigenvalue weighted by molar-refractivity contribution is 0.327. The Balaban J connectivity index is 1.95. The molecular formula is C19H19N5O. The third-order valence-electron chi connectivity index (χ3n) is 3.85. The third-order valence-corrected chi connectivity index (χ3v) is 3.85. The molecule has 1 aromatic carbocycles. The van der Waals surface area contributed by atoms with Crippen molar-refractivity contribution in [3.8, 4) is 11.9 Å². The molecule has 25 heavy (non-hydrogen) atoms. The molecule has 6 heteroatoms. The summed E-state index contributed by atoms with van der Waals surface area (Å²) in [7, 11) is 0. The Kier molecular flexibility index (Phi) is 4.75. The van der Waals surface area contributed by atoms with Crippen LogP contribution in [0.1, 0.15) is 36.8 Å². The van der Waals surface area contributed by atoms with Crippen LogP contribution < -0.4 is 10.1 Å². The van der Waals surface area contributed by atoms with Gasteiger partial charge in [-0.3, -0.25) is 0 Å². The number of pyridine rings is 1. The zero-order valence-electron chi connectivity index (χ0n) is 14.4. The van der Waals surface area contributed by atoms with E-state index in [1.807, 2.05) is 44.2 Å².